The minimum atomic E-state index is -3.57. The Morgan fingerprint density at radius 2 is 2.00 bits per heavy atom. The van der Waals surface area contributed by atoms with Crippen LogP contribution in [0.1, 0.15) is 44.3 Å². The summed E-state index contributed by atoms with van der Waals surface area (Å²) in [7, 11) is -3.57. The third-order valence-corrected chi connectivity index (χ3v) is 7.42. The van der Waals surface area contributed by atoms with Crippen LogP contribution in [0, 0.1) is 5.92 Å². The van der Waals surface area contributed by atoms with Crippen molar-refractivity contribution in [2.24, 2.45) is 5.92 Å². The quantitative estimate of drug-likeness (QED) is 0.878. The second kappa shape index (κ2) is 6.02. The first kappa shape index (κ1) is 15.5. The number of aliphatic hydroxyl groups is 1. The number of sulfonamides is 1. The molecule has 2 fully saturated rings. The maximum atomic E-state index is 12.9. The number of nitrogens with zero attached hydrogens (tertiary/aromatic N) is 1. The van der Waals surface area contributed by atoms with Crippen molar-refractivity contribution in [1.29, 1.82) is 0 Å². The van der Waals surface area contributed by atoms with Crippen molar-refractivity contribution >= 4 is 26.0 Å². The van der Waals surface area contributed by atoms with Gasteiger partial charge in [-0.2, -0.15) is 4.31 Å². The molecule has 1 aliphatic carbocycles. The Morgan fingerprint density at radius 3 is 2.71 bits per heavy atom. The average molecular weight is 378 g/mol. The molecular weight excluding hydrogens is 358 g/mol. The van der Waals surface area contributed by atoms with Gasteiger partial charge in [0.25, 0.3) is 0 Å². The fraction of sp³-hybridized carbons (Fsp3) is 0.714. The van der Waals surface area contributed by atoms with Crippen LogP contribution in [-0.2, 0) is 16.6 Å². The first-order chi connectivity index (χ1) is 10.0. The molecule has 0 unspecified atom stereocenters. The Kier molecular flexibility index (Phi) is 4.45. The number of hydrogen-bond donors (Lipinski definition) is 1. The molecule has 1 saturated carbocycles. The number of rotatable bonds is 3. The zero-order chi connectivity index (χ0) is 15.0. The molecule has 2 atom stereocenters. The van der Waals surface area contributed by atoms with Gasteiger partial charge >= 0.3 is 0 Å². The summed E-state index contributed by atoms with van der Waals surface area (Å²) in [4.78, 5) is 0.137. The first-order valence-corrected chi connectivity index (χ1v) is 9.68. The van der Waals surface area contributed by atoms with Gasteiger partial charge in [0, 0.05) is 18.7 Å². The predicted octanol–water partition coefficient (Wildman–Crippen LogP) is 2.88. The normalized spacial score (nSPS) is 27.5. The SMILES string of the molecule is O=S(=O)(c1cc(CO)oc1Br)N1CCC[C@H]2CCCC[C@H]21. The molecule has 0 aromatic carbocycles. The van der Waals surface area contributed by atoms with Gasteiger partial charge in [-0.25, -0.2) is 8.42 Å². The minimum absolute atomic E-state index is 0.122. The number of halogens is 1. The van der Waals surface area contributed by atoms with E-state index in [4.69, 9.17) is 9.52 Å². The molecule has 0 spiro atoms. The second-order valence-corrected chi connectivity index (χ2v) is 8.46. The summed E-state index contributed by atoms with van der Waals surface area (Å²) in [6.07, 6.45) is 6.44. The number of piperidine rings is 1. The van der Waals surface area contributed by atoms with Gasteiger partial charge in [0.2, 0.25) is 10.0 Å². The highest BCUT2D eigenvalue weighted by Crippen LogP contribution is 2.39. The summed E-state index contributed by atoms with van der Waals surface area (Å²) in [6, 6.07) is 1.54. The summed E-state index contributed by atoms with van der Waals surface area (Å²) in [5, 5.41) is 9.12. The van der Waals surface area contributed by atoms with Crippen molar-refractivity contribution in [3.63, 3.8) is 0 Å². The Balaban J connectivity index is 1.94. The van der Waals surface area contributed by atoms with E-state index in [1.807, 2.05) is 0 Å². The molecule has 1 aromatic rings. The molecule has 5 nitrogen and oxygen atoms in total. The van der Waals surface area contributed by atoms with Crippen LogP contribution in [-0.4, -0.2) is 30.4 Å². The fourth-order valence-corrected chi connectivity index (χ4v) is 6.37. The molecular formula is C14H20BrNO4S. The monoisotopic (exact) mass is 377 g/mol. The molecule has 2 heterocycles. The minimum Gasteiger partial charge on any atom is -0.450 e. The van der Waals surface area contributed by atoms with Crippen LogP contribution >= 0.6 is 15.9 Å². The highest BCUT2D eigenvalue weighted by atomic mass is 79.9. The molecule has 0 bridgehead atoms. The van der Waals surface area contributed by atoms with Gasteiger partial charge in [0.05, 0.1) is 0 Å². The molecule has 1 N–H and O–H groups in total. The highest BCUT2D eigenvalue weighted by Gasteiger charge is 2.41. The fourth-order valence-electron chi connectivity index (χ4n) is 3.66. The van der Waals surface area contributed by atoms with E-state index in [1.54, 1.807) is 4.31 Å². The van der Waals surface area contributed by atoms with E-state index in [-0.39, 0.29) is 28.0 Å². The maximum absolute atomic E-state index is 12.9. The van der Waals surface area contributed by atoms with Gasteiger partial charge in [0.1, 0.15) is 17.3 Å². The largest absolute Gasteiger partial charge is 0.450 e. The van der Waals surface area contributed by atoms with Gasteiger partial charge in [-0.3, -0.25) is 0 Å². The predicted molar refractivity (Wildman–Crippen MR) is 81.2 cm³/mol. The Hall–Kier alpha value is -0.370. The van der Waals surface area contributed by atoms with Crippen LogP contribution in [0.5, 0.6) is 0 Å². The first-order valence-electron chi connectivity index (χ1n) is 7.45. The number of hydrogen-bond acceptors (Lipinski definition) is 4. The third kappa shape index (κ3) is 2.81. The van der Waals surface area contributed by atoms with Crippen molar-refractivity contribution in [3.05, 3.63) is 16.5 Å². The van der Waals surface area contributed by atoms with Crippen LogP contribution in [0.2, 0.25) is 0 Å². The summed E-state index contributed by atoms with van der Waals surface area (Å²) in [5.74, 6) is 0.753. The van der Waals surface area contributed by atoms with Crippen LogP contribution in [0.3, 0.4) is 0 Å². The van der Waals surface area contributed by atoms with E-state index < -0.39 is 10.0 Å². The van der Waals surface area contributed by atoms with E-state index >= 15 is 0 Å². The maximum Gasteiger partial charge on any atom is 0.247 e. The Labute approximate surface area is 133 Å². The molecule has 1 aliphatic heterocycles. The Bertz CT molecular complexity index is 610. The van der Waals surface area contributed by atoms with Gasteiger partial charge < -0.3 is 9.52 Å². The lowest BCUT2D eigenvalue weighted by molar-refractivity contribution is 0.129. The summed E-state index contributed by atoms with van der Waals surface area (Å²) >= 11 is 3.16. The lowest BCUT2D eigenvalue weighted by Crippen LogP contribution is -2.49. The van der Waals surface area contributed by atoms with Crippen LogP contribution in [0.15, 0.2) is 20.0 Å². The van der Waals surface area contributed by atoms with Crippen LogP contribution < -0.4 is 0 Å². The zero-order valence-electron chi connectivity index (χ0n) is 11.8. The van der Waals surface area contributed by atoms with Gasteiger partial charge in [-0.15, -0.1) is 0 Å². The zero-order valence-corrected chi connectivity index (χ0v) is 14.2. The lowest BCUT2D eigenvalue weighted by atomic mass is 9.79. The van der Waals surface area contributed by atoms with Gasteiger partial charge in [0.15, 0.2) is 4.67 Å². The molecule has 1 aromatic heterocycles. The summed E-state index contributed by atoms with van der Waals surface area (Å²) in [5.41, 5.74) is 0. The van der Waals surface area contributed by atoms with Crippen molar-refractivity contribution in [2.45, 2.75) is 56.1 Å². The molecule has 21 heavy (non-hydrogen) atoms. The van der Waals surface area contributed by atoms with Gasteiger partial charge in [-0.1, -0.05) is 12.8 Å². The standard InChI is InChI=1S/C14H20BrNO4S/c15-14-13(8-11(9-17)20-14)21(18,19)16-7-3-5-10-4-1-2-6-12(10)16/h8,10,12,17H,1-7,9H2/t10-,12-/m1/s1. The van der Waals surface area contributed by atoms with Crippen LogP contribution in [0.4, 0.5) is 0 Å². The number of furan rings is 1. The van der Waals surface area contributed by atoms with E-state index in [9.17, 15) is 8.42 Å². The van der Waals surface area contributed by atoms with Gasteiger partial charge in [-0.05, 0) is 47.5 Å². The highest BCUT2D eigenvalue weighted by molar-refractivity contribution is 9.10. The molecule has 0 radical (unpaired) electrons. The third-order valence-electron chi connectivity index (χ3n) is 4.64. The molecule has 3 rings (SSSR count). The second-order valence-electron chi connectivity index (χ2n) is 5.88. The Morgan fingerprint density at radius 1 is 1.29 bits per heavy atom. The van der Waals surface area contributed by atoms with Crippen molar-refractivity contribution < 1.29 is 17.9 Å². The van der Waals surface area contributed by atoms with Crippen molar-refractivity contribution in [2.75, 3.05) is 6.54 Å². The average Bonchev–Trinajstić information content (AvgIpc) is 2.88. The van der Waals surface area contributed by atoms with E-state index in [0.717, 1.165) is 32.1 Å². The number of aliphatic hydroxyl groups excluding tert-OH is 1. The lowest BCUT2D eigenvalue weighted by Gasteiger charge is -2.42. The molecule has 2 aliphatic rings. The van der Waals surface area contributed by atoms with E-state index in [2.05, 4.69) is 15.9 Å². The molecule has 1 saturated heterocycles. The molecule has 7 heteroatoms. The topological polar surface area (TPSA) is 70.8 Å². The summed E-state index contributed by atoms with van der Waals surface area (Å²) < 4.78 is 33.0. The van der Waals surface area contributed by atoms with Crippen molar-refractivity contribution in [3.8, 4) is 0 Å². The van der Waals surface area contributed by atoms with Crippen molar-refractivity contribution in [1.82, 2.24) is 4.31 Å². The van der Waals surface area contributed by atoms with Crippen LogP contribution in [0.25, 0.3) is 0 Å². The van der Waals surface area contributed by atoms with E-state index in [0.29, 0.717) is 12.5 Å². The summed E-state index contributed by atoms with van der Waals surface area (Å²) in [6.45, 7) is 0.274. The smallest absolute Gasteiger partial charge is 0.247 e. The number of fused-ring (bicyclic) bond motifs is 1. The van der Waals surface area contributed by atoms with E-state index in [1.165, 1.54) is 12.5 Å². The molecule has 0 amide bonds. The molecule has 118 valence electrons.